The van der Waals surface area contributed by atoms with Crippen LogP contribution in [0.5, 0.6) is 0 Å². The van der Waals surface area contributed by atoms with Crippen LogP contribution in [0.2, 0.25) is 0 Å². The molecule has 1 saturated carbocycles. The van der Waals surface area contributed by atoms with Gasteiger partial charge in [0.1, 0.15) is 12.4 Å². The predicted molar refractivity (Wildman–Crippen MR) is 104 cm³/mol. The fraction of sp³-hybridized carbons (Fsp3) is 0.500. The molecule has 2 aromatic rings. The van der Waals surface area contributed by atoms with Crippen molar-refractivity contribution >= 4 is 21.9 Å². The Balaban J connectivity index is 1.67. The molecule has 0 saturated heterocycles. The molecule has 7 heteroatoms. The first-order valence-electron chi connectivity index (χ1n) is 8.68. The molecule has 2 N–H and O–H groups in total. The summed E-state index contributed by atoms with van der Waals surface area (Å²) in [5.74, 6) is 2.58. The van der Waals surface area contributed by atoms with Gasteiger partial charge in [-0.1, -0.05) is 34.1 Å². The molecular weight excluding hydrogens is 380 g/mol. The van der Waals surface area contributed by atoms with E-state index < -0.39 is 0 Å². The highest BCUT2D eigenvalue weighted by molar-refractivity contribution is 9.10. The van der Waals surface area contributed by atoms with Crippen molar-refractivity contribution < 1.29 is 0 Å². The number of aliphatic imine (C=N–C) groups is 1. The summed E-state index contributed by atoms with van der Waals surface area (Å²) in [5, 5.41) is 15.1. The van der Waals surface area contributed by atoms with E-state index in [2.05, 4.69) is 72.9 Å². The Morgan fingerprint density at radius 2 is 2.04 bits per heavy atom. The third-order valence-corrected chi connectivity index (χ3v) is 5.49. The Morgan fingerprint density at radius 1 is 1.28 bits per heavy atom. The number of halogens is 1. The van der Waals surface area contributed by atoms with Crippen LogP contribution >= 0.6 is 15.9 Å². The van der Waals surface area contributed by atoms with Crippen LogP contribution in [-0.2, 0) is 19.0 Å². The van der Waals surface area contributed by atoms with Gasteiger partial charge in [-0.2, -0.15) is 0 Å². The average Bonchev–Trinajstić information content (AvgIpc) is 3.33. The van der Waals surface area contributed by atoms with Crippen molar-refractivity contribution in [3.8, 4) is 0 Å². The number of nitrogens with zero attached hydrogens (tertiary/aromatic N) is 4. The van der Waals surface area contributed by atoms with Crippen LogP contribution in [0, 0.1) is 6.92 Å². The first-order chi connectivity index (χ1) is 12.1. The number of guanidine groups is 1. The summed E-state index contributed by atoms with van der Waals surface area (Å²) >= 11 is 3.69. The van der Waals surface area contributed by atoms with E-state index in [-0.39, 0.29) is 5.41 Å². The first kappa shape index (κ1) is 17.9. The van der Waals surface area contributed by atoms with E-state index >= 15 is 0 Å². The van der Waals surface area contributed by atoms with E-state index in [4.69, 9.17) is 0 Å². The second-order valence-corrected chi connectivity index (χ2v) is 7.39. The van der Waals surface area contributed by atoms with Gasteiger partial charge >= 0.3 is 0 Å². The van der Waals surface area contributed by atoms with Gasteiger partial charge < -0.3 is 15.2 Å². The molecular formula is C18H25BrN6. The summed E-state index contributed by atoms with van der Waals surface area (Å²) < 4.78 is 3.15. The number of benzene rings is 1. The zero-order valence-corrected chi connectivity index (χ0v) is 16.6. The van der Waals surface area contributed by atoms with Crippen molar-refractivity contribution in [1.29, 1.82) is 0 Å². The predicted octanol–water partition coefficient (Wildman–Crippen LogP) is 2.67. The number of aromatic nitrogens is 3. The Morgan fingerprint density at radius 3 is 2.64 bits per heavy atom. The molecule has 0 aliphatic heterocycles. The Hall–Kier alpha value is -1.89. The highest BCUT2D eigenvalue weighted by atomic mass is 79.9. The van der Waals surface area contributed by atoms with Gasteiger partial charge in [0.2, 0.25) is 0 Å². The number of aryl methyl sites for hydroxylation is 1. The number of rotatable bonds is 6. The molecule has 0 spiro atoms. The minimum Gasteiger partial charge on any atom is -0.357 e. The summed E-state index contributed by atoms with van der Waals surface area (Å²) in [6.45, 7) is 6.22. The van der Waals surface area contributed by atoms with Crippen molar-refractivity contribution in [2.45, 2.75) is 38.6 Å². The number of hydrogen-bond donors (Lipinski definition) is 2. The summed E-state index contributed by atoms with van der Waals surface area (Å²) in [6, 6.07) is 8.50. The monoisotopic (exact) mass is 404 g/mol. The van der Waals surface area contributed by atoms with Gasteiger partial charge in [0, 0.05) is 30.0 Å². The van der Waals surface area contributed by atoms with Crippen LogP contribution in [0.3, 0.4) is 0 Å². The SMILES string of the molecule is CCNC(=NCc1nnc(C)n1C)NCC1(c2ccccc2Br)CC1. The summed E-state index contributed by atoms with van der Waals surface area (Å²) in [4.78, 5) is 4.66. The van der Waals surface area contributed by atoms with Gasteiger partial charge in [0.15, 0.2) is 11.8 Å². The zero-order chi connectivity index (χ0) is 17.9. The smallest absolute Gasteiger partial charge is 0.191 e. The minimum absolute atomic E-state index is 0.206. The third-order valence-electron chi connectivity index (χ3n) is 4.80. The molecule has 134 valence electrons. The Labute approximate surface area is 157 Å². The maximum absolute atomic E-state index is 4.66. The van der Waals surface area contributed by atoms with Crippen molar-refractivity contribution in [3.63, 3.8) is 0 Å². The maximum Gasteiger partial charge on any atom is 0.191 e. The highest BCUT2D eigenvalue weighted by Crippen LogP contribution is 2.49. The van der Waals surface area contributed by atoms with Crippen molar-refractivity contribution in [2.24, 2.45) is 12.0 Å². The Kier molecular flexibility index (Phi) is 5.42. The normalized spacial score (nSPS) is 15.9. The van der Waals surface area contributed by atoms with Crippen LogP contribution in [-0.4, -0.2) is 33.8 Å². The van der Waals surface area contributed by atoms with E-state index in [1.807, 2.05) is 18.5 Å². The Bertz CT molecular complexity index is 763. The van der Waals surface area contributed by atoms with Crippen molar-refractivity contribution in [2.75, 3.05) is 13.1 Å². The van der Waals surface area contributed by atoms with Gasteiger partial charge in [0.25, 0.3) is 0 Å². The van der Waals surface area contributed by atoms with Crippen LogP contribution in [0.1, 0.15) is 37.0 Å². The quantitative estimate of drug-likeness (QED) is 0.573. The third kappa shape index (κ3) is 4.03. The van der Waals surface area contributed by atoms with Gasteiger partial charge in [-0.15, -0.1) is 10.2 Å². The van der Waals surface area contributed by atoms with Crippen molar-refractivity contribution in [1.82, 2.24) is 25.4 Å². The topological polar surface area (TPSA) is 67.1 Å². The molecule has 0 unspecified atom stereocenters. The lowest BCUT2D eigenvalue weighted by atomic mass is 9.96. The molecule has 25 heavy (non-hydrogen) atoms. The maximum atomic E-state index is 4.66. The zero-order valence-electron chi connectivity index (χ0n) is 15.0. The largest absolute Gasteiger partial charge is 0.357 e. The molecule has 3 rings (SSSR count). The number of hydrogen-bond acceptors (Lipinski definition) is 3. The second-order valence-electron chi connectivity index (χ2n) is 6.53. The summed E-state index contributed by atoms with van der Waals surface area (Å²) in [6.07, 6.45) is 2.40. The lowest BCUT2D eigenvalue weighted by Gasteiger charge is -2.20. The average molecular weight is 405 g/mol. The lowest BCUT2D eigenvalue weighted by molar-refractivity contribution is 0.642. The highest BCUT2D eigenvalue weighted by Gasteiger charge is 2.45. The fourth-order valence-electron chi connectivity index (χ4n) is 2.92. The van der Waals surface area contributed by atoms with E-state index in [1.165, 1.54) is 22.9 Å². The molecule has 1 aliphatic carbocycles. The van der Waals surface area contributed by atoms with Crippen LogP contribution in [0.4, 0.5) is 0 Å². The summed E-state index contributed by atoms with van der Waals surface area (Å²) in [7, 11) is 1.96. The van der Waals surface area contributed by atoms with E-state index in [9.17, 15) is 0 Å². The number of nitrogens with one attached hydrogen (secondary N) is 2. The minimum atomic E-state index is 0.206. The van der Waals surface area contributed by atoms with Crippen LogP contribution in [0.25, 0.3) is 0 Å². The molecule has 1 aliphatic rings. The standard InChI is InChI=1S/C18H25BrN6/c1-4-20-17(21-11-16-24-23-13(2)25(16)3)22-12-18(9-10-18)14-7-5-6-8-15(14)19/h5-8H,4,9-12H2,1-3H3,(H2,20,21,22). The molecule has 6 nitrogen and oxygen atoms in total. The van der Waals surface area contributed by atoms with Gasteiger partial charge in [-0.3, -0.25) is 0 Å². The molecule has 1 aromatic heterocycles. The second kappa shape index (κ2) is 7.56. The molecule has 1 fully saturated rings. The van der Waals surface area contributed by atoms with Gasteiger partial charge in [-0.25, -0.2) is 4.99 Å². The molecule has 0 bridgehead atoms. The van der Waals surface area contributed by atoms with E-state index in [0.717, 1.165) is 30.7 Å². The molecule has 1 aromatic carbocycles. The van der Waals surface area contributed by atoms with Crippen LogP contribution < -0.4 is 10.6 Å². The molecule has 0 amide bonds. The lowest BCUT2D eigenvalue weighted by Crippen LogP contribution is -2.41. The van der Waals surface area contributed by atoms with Gasteiger partial charge in [0.05, 0.1) is 0 Å². The van der Waals surface area contributed by atoms with Crippen LogP contribution in [0.15, 0.2) is 33.7 Å². The molecule has 1 heterocycles. The van der Waals surface area contributed by atoms with Gasteiger partial charge in [-0.05, 0) is 38.3 Å². The summed E-state index contributed by atoms with van der Waals surface area (Å²) in [5.41, 5.74) is 1.58. The molecule has 0 atom stereocenters. The van der Waals surface area contributed by atoms with E-state index in [0.29, 0.717) is 6.54 Å². The fourth-order valence-corrected chi connectivity index (χ4v) is 3.62. The van der Waals surface area contributed by atoms with E-state index in [1.54, 1.807) is 0 Å². The molecule has 0 radical (unpaired) electrons. The van der Waals surface area contributed by atoms with Crippen molar-refractivity contribution in [3.05, 3.63) is 46.0 Å². The first-order valence-corrected chi connectivity index (χ1v) is 9.47.